The van der Waals surface area contributed by atoms with E-state index in [0.717, 1.165) is 6.42 Å². The molecule has 1 aromatic rings. The standard InChI is InChI=1S/C13H18ClNO2/c1-5-13(2,3)15(4)11-7-6-9(14)8-10(11)12(16)17/h6-8H,5H2,1-4H3,(H,16,17). The van der Waals surface area contributed by atoms with Crippen LogP contribution in [0.1, 0.15) is 37.6 Å². The van der Waals surface area contributed by atoms with Gasteiger partial charge < -0.3 is 10.0 Å². The van der Waals surface area contributed by atoms with Crippen LogP contribution in [0.2, 0.25) is 5.02 Å². The minimum Gasteiger partial charge on any atom is -0.478 e. The predicted molar refractivity (Wildman–Crippen MR) is 71.2 cm³/mol. The quantitative estimate of drug-likeness (QED) is 0.893. The van der Waals surface area contributed by atoms with Crippen LogP contribution in [0.3, 0.4) is 0 Å². The molecule has 0 heterocycles. The first kappa shape index (κ1) is 13.8. The summed E-state index contributed by atoms with van der Waals surface area (Å²) in [4.78, 5) is 13.2. The van der Waals surface area contributed by atoms with E-state index < -0.39 is 5.97 Å². The number of hydrogen-bond acceptors (Lipinski definition) is 2. The van der Waals surface area contributed by atoms with Gasteiger partial charge in [-0.1, -0.05) is 18.5 Å². The first-order valence-electron chi connectivity index (χ1n) is 5.56. The molecule has 3 nitrogen and oxygen atoms in total. The fraction of sp³-hybridized carbons (Fsp3) is 0.462. The normalized spacial score (nSPS) is 11.4. The number of anilines is 1. The van der Waals surface area contributed by atoms with Crippen LogP contribution in [0.4, 0.5) is 5.69 Å². The van der Waals surface area contributed by atoms with E-state index >= 15 is 0 Å². The van der Waals surface area contributed by atoms with Crippen molar-refractivity contribution in [2.45, 2.75) is 32.7 Å². The van der Waals surface area contributed by atoms with Gasteiger partial charge in [-0.25, -0.2) is 4.79 Å². The lowest BCUT2D eigenvalue weighted by atomic mass is 9.98. The molecule has 0 saturated carbocycles. The van der Waals surface area contributed by atoms with E-state index in [9.17, 15) is 9.90 Å². The van der Waals surface area contributed by atoms with Crippen molar-refractivity contribution < 1.29 is 9.90 Å². The van der Waals surface area contributed by atoms with E-state index in [1.54, 1.807) is 12.1 Å². The van der Waals surface area contributed by atoms with Crippen molar-refractivity contribution in [1.29, 1.82) is 0 Å². The van der Waals surface area contributed by atoms with E-state index in [1.165, 1.54) is 6.07 Å². The van der Waals surface area contributed by atoms with Crippen molar-refractivity contribution in [3.05, 3.63) is 28.8 Å². The minimum atomic E-state index is -0.957. The van der Waals surface area contributed by atoms with E-state index in [1.807, 2.05) is 11.9 Å². The predicted octanol–water partition coefficient (Wildman–Crippen LogP) is 3.66. The van der Waals surface area contributed by atoms with Crippen molar-refractivity contribution in [3.63, 3.8) is 0 Å². The van der Waals surface area contributed by atoms with Gasteiger partial charge in [0.25, 0.3) is 0 Å². The molecule has 4 heteroatoms. The number of halogens is 1. The smallest absolute Gasteiger partial charge is 0.337 e. The molecular formula is C13H18ClNO2. The number of nitrogens with zero attached hydrogens (tertiary/aromatic N) is 1. The van der Waals surface area contributed by atoms with Crippen LogP contribution in [-0.2, 0) is 0 Å². The number of carboxylic acid groups (broad SMARTS) is 1. The zero-order chi connectivity index (χ0) is 13.2. The highest BCUT2D eigenvalue weighted by atomic mass is 35.5. The summed E-state index contributed by atoms with van der Waals surface area (Å²) in [6, 6.07) is 4.95. The van der Waals surface area contributed by atoms with E-state index in [2.05, 4.69) is 20.8 Å². The minimum absolute atomic E-state index is 0.0992. The van der Waals surface area contributed by atoms with Crippen molar-refractivity contribution in [2.24, 2.45) is 0 Å². The molecule has 0 spiro atoms. The molecule has 1 rings (SSSR count). The van der Waals surface area contributed by atoms with E-state index in [4.69, 9.17) is 11.6 Å². The van der Waals surface area contributed by atoms with Crippen molar-refractivity contribution in [3.8, 4) is 0 Å². The zero-order valence-corrected chi connectivity index (χ0v) is 11.4. The average molecular weight is 256 g/mol. The maximum Gasteiger partial charge on any atom is 0.337 e. The highest BCUT2D eigenvalue weighted by Crippen LogP contribution is 2.29. The molecule has 0 aromatic heterocycles. The van der Waals surface area contributed by atoms with Gasteiger partial charge in [-0.2, -0.15) is 0 Å². The lowest BCUT2D eigenvalue weighted by molar-refractivity contribution is 0.0697. The molecular weight excluding hydrogens is 238 g/mol. The molecule has 0 aliphatic rings. The third-order valence-electron chi connectivity index (χ3n) is 3.32. The van der Waals surface area contributed by atoms with Gasteiger partial charge in [-0.05, 0) is 38.5 Å². The number of hydrogen-bond donors (Lipinski definition) is 1. The van der Waals surface area contributed by atoms with Gasteiger partial charge in [-0.15, -0.1) is 0 Å². The summed E-state index contributed by atoms with van der Waals surface area (Å²) in [5.74, 6) is -0.957. The van der Waals surface area contributed by atoms with Gasteiger partial charge >= 0.3 is 5.97 Å². The van der Waals surface area contributed by atoms with E-state index in [0.29, 0.717) is 10.7 Å². The van der Waals surface area contributed by atoms with Crippen molar-refractivity contribution in [2.75, 3.05) is 11.9 Å². The number of aromatic carboxylic acids is 1. The first-order valence-corrected chi connectivity index (χ1v) is 5.94. The van der Waals surface area contributed by atoms with Crippen LogP contribution < -0.4 is 4.90 Å². The Bertz CT molecular complexity index is 429. The molecule has 94 valence electrons. The van der Waals surface area contributed by atoms with Crippen molar-refractivity contribution in [1.82, 2.24) is 0 Å². The largest absolute Gasteiger partial charge is 0.478 e. The lowest BCUT2D eigenvalue weighted by Crippen LogP contribution is -2.41. The molecule has 1 aromatic carbocycles. The Balaban J connectivity index is 3.26. The maximum atomic E-state index is 11.2. The molecule has 0 fully saturated rings. The van der Waals surface area contributed by atoms with Gasteiger partial charge in [0, 0.05) is 17.6 Å². The Hall–Kier alpha value is -1.22. The van der Waals surface area contributed by atoms with E-state index in [-0.39, 0.29) is 11.1 Å². The molecule has 0 unspecified atom stereocenters. The fourth-order valence-corrected chi connectivity index (χ4v) is 1.71. The summed E-state index contributed by atoms with van der Waals surface area (Å²) in [5, 5.41) is 9.63. The second-order valence-corrected chi connectivity index (χ2v) is 5.13. The molecule has 0 atom stereocenters. The lowest BCUT2D eigenvalue weighted by Gasteiger charge is -2.37. The number of carbonyl (C=O) groups is 1. The maximum absolute atomic E-state index is 11.2. The molecule has 0 aliphatic heterocycles. The number of rotatable bonds is 4. The van der Waals surface area contributed by atoms with Crippen molar-refractivity contribution >= 4 is 23.3 Å². The third-order valence-corrected chi connectivity index (χ3v) is 3.56. The monoisotopic (exact) mass is 255 g/mol. The Morgan fingerprint density at radius 2 is 2.06 bits per heavy atom. The number of carboxylic acids is 1. The highest BCUT2D eigenvalue weighted by Gasteiger charge is 2.25. The van der Waals surface area contributed by atoms with Crippen LogP contribution in [0.5, 0.6) is 0 Å². The summed E-state index contributed by atoms with van der Waals surface area (Å²) >= 11 is 5.83. The molecule has 0 amide bonds. The summed E-state index contributed by atoms with van der Waals surface area (Å²) in [5.41, 5.74) is 0.827. The SMILES string of the molecule is CCC(C)(C)N(C)c1ccc(Cl)cc1C(=O)O. The highest BCUT2D eigenvalue weighted by molar-refractivity contribution is 6.31. The Morgan fingerprint density at radius 3 is 2.53 bits per heavy atom. The summed E-state index contributed by atoms with van der Waals surface area (Å²) < 4.78 is 0. The van der Waals surface area contributed by atoms with Crippen LogP contribution >= 0.6 is 11.6 Å². The first-order chi connectivity index (χ1) is 7.79. The van der Waals surface area contributed by atoms with Gasteiger partial charge in [0.1, 0.15) is 0 Å². The molecule has 0 aliphatic carbocycles. The topological polar surface area (TPSA) is 40.5 Å². The Kier molecular flexibility index (Phi) is 4.04. The van der Waals surface area contributed by atoms with Gasteiger partial charge in [-0.3, -0.25) is 0 Å². The summed E-state index contributed by atoms with van der Waals surface area (Å²) in [6.45, 7) is 6.23. The number of benzene rings is 1. The van der Waals surface area contributed by atoms with Gasteiger partial charge in [0.2, 0.25) is 0 Å². The molecule has 1 N–H and O–H groups in total. The van der Waals surface area contributed by atoms with Gasteiger partial charge in [0.15, 0.2) is 0 Å². The fourth-order valence-electron chi connectivity index (χ4n) is 1.54. The van der Waals surface area contributed by atoms with Crippen LogP contribution in [0.15, 0.2) is 18.2 Å². The van der Waals surface area contributed by atoms with Gasteiger partial charge in [0.05, 0.1) is 11.3 Å². The molecule has 0 saturated heterocycles. The summed E-state index contributed by atoms with van der Waals surface area (Å²) in [6.07, 6.45) is 0.922. The summed E-state index contributed by atoms with van der Waals surface area (Å²) in [7, 11) is 1.90. The Labute approximate surface area is 107 Å². The average Bonchev–Trinajstić information content (AvgIpc) is 2.28. The third kappa shape index (κ3) is 2.91. The Morgan fingerprint density at radius 1 is 1.47 bits per heavy atom. The second-order valence-electron chi connectivity index (χ2n) is 4.69. The van der Waals surface area contributed by atoms with Crippen LogP contribution in [0.25, 0.3) is 0 Å². The molecule has 17 heavy (non-hydrogen) atoms. The second kappa shape index (κ2) is 4.96. The van der Waals surface area contributed by atoms with Crippen LogP contribution in [0, 0.1) is 0 Å². The molecule has 0 radical (unpaired) electrons. The van der Waals surface area contributed by atoms with Crippen LogP contribution in [-0.4, -0.2) is 23.7 Å². The zero-order valence-electron chi connectivity index (χ0n) is 10.6. The molecule has 0 bridgehead atoms.